The molecule has 6 nitrogen and oxygen atoms in total. The van der Waals surface area contributed by atoms with Crippen molar-refractivity contribution in [2.45, 2.75) is 13.5 Å². The van der Waals surface area contributed by atoms with Crippen LogP contribution in [-0.4, -0.2) is 20.8 Å². The molecule has 4 rings (SSSR count). The Morgan fingerprint density at radius 1 is 1.11 bits per heavy atom. The fourth-order valence-electron chi connectivity index (χ4n) is 3.15. The highest BCUT2D eigenvalue weighted by Gasteiger charge is 2.10. The molecule has 0 saturated heterocycles. The lowest BCUT2D eigenvalue weighted by molar-refractivity contribution is 0.102. The maximum absolute atomic E-state index is 12.4. The molecule has 0 saturated carbocycles. The molecule has 0 bridgehead atoms. The van der Waals surface area contributed by atoms with Gasteiger partial charge in [-0.3, -0.25) is 9.48 Å². The van der Waals surface area contributed by atoms with E-state index in [0.717, 1.165) is 22.2 Å². The molecule has 0 aliphatic heterocycles. The van der Waals surface area contributed by atoms with Crippen LogP contribution in [0.15, 0.2) is 66.7 Å². The molecular weight excluding hydrogens is 352 g/mol. The minimum Gasteiger partial charge on any atom is -0.508 e. The smallest absolute Gasteiger partial charge is 0.255 e. The molecular formula is C22H20N4O2. The Hall–Kier alpha value is -3.80. The van der Waals surface area contributed by atoms with Gasteiger partial charge in [-0.2, -0.15) is 5.10 Å². The van der Waals surface area contributed by atoms with Gasteiger partial charge in [0.1, 0.15) is 5.75 Å². The Morgan fingerprint density at radius 2 is 1.86 bits per heavy atom. The zero-order valence-electron chi connectivity index (χ0n) is 15.4. The summed E-state index contributed by atoms with van der Waals surface area (Å²) in [4.78, 5) is 12.4. The fraction of sp³-hybridized carbons (Fsp3) is 0.0909. The molecule has 0 aliphatic carbocycles. The third-order valence-electron chi connectivity index (χ3n) is 4.74. The van der Waals surface area contributed by atoms with Crippen molar-refractivity contribution >= 4 is 28.2 Å². The van der Waals surface area contributed by atoms with E-state index in [9.17, 15) is 9.90 Å². The number of aromatic hydroxyl groups is 1. The molecule has 140 valence electrons. The summed E-state index contributed by atoms with van der Waals surface area (Å²) in [7, 11) is 0. The van der Waals surface area contributed by atoms with E-state index < -0.39 is 0 Å². The highest BCUT2D eigenvalue weighted by molar-refractivity contribution is 6.05. The first-order valence-electron chi connectivity index (χ1n) is 8.92. The van der Waals surface area contributed by atoms with Crippen LogP contribution in [0.1, 0.15) is 21.6 Å². The molecule has 0 aliphatic rings. The number of phenolic OH excluding ortho intramolecular Hbond substituents is 1. The number of nitrogens with one attached hydrogen (secondary N) is 1. The third-order valence-corrected chi connectivity index (χ3v) is 4.74. The van der Waals surface area contributed by atoms with E-state index in [2.05, 4.69) is 10.4 Å². The highest BCUT2D eigenvalue weighted by Crippen LogP contribution is 2.23. The number of carbonyl (C=O) groups is 1. The van der Waals surface area contributed by atoms with Crippen LogP contribution in [0.2, 0.25) is 0 Å². The van der Waals surface area contributed by atoms with E-state index in [4.69, 9.17) is 5.73 Å². The Balaban J connectivity index is 1.51. The second-order valence-corrected chi connectivity index (χ2v) is 6.68. The lowest BCUT2D eigenvalue weighted by Crippen LogP contribution is -2.13. The number of nitrogens with zero attached hydrogens (tertiary/aromatic N) is 2. The zero-order chi connectivity index (χ0) is 19.7. The van der Waals surface area contributed by atoms with Crippen LogP contribution in [-0.2, 0) is 6.54 Å². The van der Waals surface area contributed by atoms with Crippen molar-refractivity contribution in [2.24, 2.45) is 0 Å². The van der Waals surface area contributed by atoms with Gasteiger partial charge < -0.3 is 16.2 Å². The first-order valence-corrected chi connectivity index (χ1v) is 8.92. The maximum atomic E-state index is 12.4. The number of nitrogen functional groups attached to an aromatic ring is 1. The van der Waals surface area contributed by atoms with Crippen molar-refractivity contribution < 1.29 is 9.90 Å². The molecule has 0 fully saturated rings. The van der Waals surface area contributed by atoms with Gasteiger partial charge in [-0.15, -0.1) is 0 Å². The molecule has 1 amide bonds. The maximum Gasteiger partial charge on any atom is 0.255 e. The zero-order valence-corrected chi connectivity index (χ0v) is 15.4. The van der Waals surface area contributed by atoms with Gasteiger partial charge in [-0.05, 0) is 48.9 Å². The summed E-state index contributed by atoms with van der Waals surface area (Å²) in [6.45, 7) is 2.58. The Bertz CT molecular complexity index is 1160. The topological polar surface area (TPSA) is 93.2 Å². The van der Waals surface area contributed by atoms with Crippen LogP contribution in [0.3, 0.4) is 0 Å². The van der Waals surface area contributed by atoms with Gasteiger partial charge in [0.15, 0.2) is 0 Å². The summed E-state index contributed by atoms with van der Waals surface area (Å²) >= 11 is 0. The van der Waals surface area contributed by atoms with Gasteiger partial charge in [-0.25, -0.2) is 0 Å². The Kier molecular flexibility index (Phi) is 4.45. The van der Waals surface area contributed by atoms with Crippen molar-refractivity contribution in [3.63, 3.8) is 0 Å². The minimum absolute atomic E-state index is 0.201. The van der Waals surface area contributed by atoms with Crippen molar-refractivity contribution in [3.8, 4) is 5.75 Å². The summed E-state index contributed by atoms with van der Waals surface area (Å²) in [5, 5.41) is 18.0. The highest BCUT2D eigenvalue weighted by atomic mass is 16.3. The van der Waals surface area contributed by atoms with Crippen molar-refractivity contribution in [1.82, 2.24) is 9.78 Å². The fourth-order valence-corrected chi connectivity index (χ4v) is 3.15. The Labute approximate surface area is 162 Å². The first-order chi connectivity index (χ1) is 13.5. The minimum atomic E-state index is -0.207. The number of para-hydroxylation sites is 2. The number of carbonyl (C=O) groups excluding carboxylic acids is 1. The van der Waals surface area contributed by atoms with Gasteiger partial charge in [0.2, 0.25) is 0 Å². The molecule has 1 heterocycles. The van der Waals surface area contributed by atoms with Gasteiger partial charge in [0.25, 0.3) is 5.91 Å². The number of amides is 1. The average Bonchev–Trinajstić information content (AvgIpc) is 2.99. The second-order valence-electron chi connectivity index (χ2n) is 6.68. The average molecular weight is 372 g/mol. The summed E-state index contributed by atoms with van der Waals surface area (Å²) in [6.07, 6.45) is 0. The van der Waals surface area contributed by atoms with Crippen molar-refractivity contribution in [3.05, 3.63) is 83.6 Å². The molecule has 0 radical (unpaired) electrons. The number of rotatable bonds is 4. The number of anilines is 2. The molecule has 0 unspecified atom stereocenters. The van der Waals surface area contributed by atoms with Gasteiger partial charge in [-0.1, -0.05) is 24.3 Å². The molecule has 4 aromatic rings. The van der Waals surface area contributed by atoms with Crippen LogP contribution in [0.5, 0.6) is 5.75 Å². The molecule has 4 N–H and O–H groups in total. The summed E-state index contributed by atoms with van der Waals surface area (Å²) < 4.78 is 1.89. The van der Waals surface area contributed by atoms with Crippen LogP contribution >= 0.6 is 0 Å². The molecule has 0 spiro atoms. The molecule has 1 aromatic heterocycles. The third kappa shape index (κ3) is 3.40. The quantitative estimate of drug-likeness (QED) is 0.473. The molecule has 0 atom stereocenters. The number of hydrogen-bond acceptors (Lipinski definition) is 4. The van der Waals surface area contributed by atoms with Crippen molar-refractivity contribution in [2.75, 3.05) is 11.1 Å². The number of benzene rings is 3. The van der Waals surface area contributed by atoms with E-state index >= 15 is 0 Å². The van der Waals surface area contributed by atoms with Gasteiger partial charge >= 0.3 is 0 Å². The van der Waals surface area contributed by atoms with E-state index in [-0.39, 0.29) is 11.7 Å². The van der Waals surface area contributed by atoms with Crippen molar-refractivity contribution in [1.29, 1.82) is 0 Å². The molecule has 28 heavy (non-hydrogen) atoms. The molecule has 3 aromatic carbocycles. The number of nitrogens with two attached hydrogens (primary N) is 1. The van der Waals surface area contributed by atoms with Crippen LogP contribution < -0.4 is 11.1 Å². The summed E-state index contributed by atoms with van der Waals surface area (Å²) in [5.74, 6) is -0.00694. The van der Waals surface area contributed by atoms with E-state index in [0.29, 0.717) is 23.5 Å². The SMILES string of the molecule is Cc1c2ccc(O)cc2nn1Cc1ccc(C(=O)Nc2ccccc2N)cc1. The van der Waals surface area contributed by atoms with E-state index in [1.807, 2.05) is 41.9 Å². The molecule has 6 heteroatoms. The number of phenols is 1. The lowest BCUT2D eigenvalue weighted by Gasteiger charge is -2.09. The standard InChI is InChI=1S/C22H20N4O2/c1-14-18-11-10-17(27)12-21(18)25-26(14)13-15-6-8-16(9-7-15)22(28)24-20-5-3-2-4-19(20)23/h2-12,27H,13,23H2,1H3,(H,24,28). The first kappa shape index (κ1) is 17.6. The number of aryl methyl sites for hydroxylation is 1. The van der Waals surface area contributed by atoms with Crippen LogP contribution in [0.25, 0.3) is 10.9 Å². The van der Waals surface area contributed by atoms with Gasteiger partial charge in [0.05, 0.1) is 23.4 Å². The summed E-state index contributed by atoms with van der Waals surface area (Å²) in [6, 6.07) is 19.7. The summed E-state index contributed by atoms with van der Waals surface area (Å²) in [5.41, 5.74) is 10.4. The monoisotopic (exact) mass is 372 g/mol. The van der Waals surface area contributed by atoms with Gasteiger partial charge in [0, 0.05) is 22.7 Å². The normalized spacial score (nSPS) is 10.9. The van der Waals surface area contributed by atoms with E-state index in [1.165, 1.54) is 0 Å². The van der Waals surface area contributed by atoms with Crippen LogP contribution in [0, 0.1) is 6.92 Å². The number of aromatic nitrogens is 2. The second kappa shape index (κ2) is 7.08. The Morgan fingerprint density at radius 3 is 2.61 bits per heavy atom. The number of hydrogen-bond donors (Lipinski definition) is 3. The van der Waals surface area contributed by atoms with Crippen LogP contribution in [0.4, 0.5) is 11.4 Å². The lowest BCUT2D eigenvalue weighted by atomic mass is 10.1. The largest absolute Gasteiger partial charge is 0.508 e. The number of fused-ring (bicyclic) bond motifs is 1. The predicted octanol–water partition coefficient (Wildman–Crippen LogP) is 3.93. The predicted molar refractivity (Wildman–Crippen MR) is 110 cm³/mol. The van der Waals surface area contributed by atoms with E-state index in [1.54, 1.807) is 36.4 Å².